The molecule has 0 saturated carbocycles. The average Bonchev–Trinajstić information content (AvgIpc) is 2.37. The third-order valence-electron chi connectivity index (χ3n) is 2.48. The zero-order valence-corrected chi connectivity index (χ0v) is 9.94. The molecule has 2 aromatic rings. The van der Waals surface area contributed by atoms with Crippen LogP contribution in [0.1, 0.15) is 11.4 Å². The maximum Gasteiger partial charge on any atom is 0.148 e. The van der Waals surface area contributed by atoms with E-state index in [1.165, 1.54) is 19.4 Å². The number of methoxy groups -OCH3 is 1. The van der Waals surface area contributed by atoms with Crippen LogP contribution < -0.4 is 4.74 Å². The van der Waals surface area contributed by atoms with Crippen molar-refractivity contribution in [3.63, 3.8) is 0 Å². The zero-order valence-electron chi connectivity index (χ0n) is 9.94. The molecule has 0 aliphatic rings. The summed E-state index contributed by atoms with van der Waals surface area (Å²) in [4.78, 5) is 7.86. The van der Waals surface area contributed by atoms with E-state index in [0.29, 0.717) is 22.6 Å². The Labute approximate surface area is 104 Å². The van der Waals surface area contributed by atoms with E-state index in [-0.39, 0.29) is 5.69 Å². The van der Waals surface area contributed by atoms with Crippen LogP contribution in [0.15, 0.2) is 24.5 Å². The standard InChI is InChI=1S/C13H10FN3O/c1-8-13(18-2)12(4-11(5-15)17-8)9-3-10(14)7-16-6-9/h3-4,6-7H,1-2H3. The van der Waals surface area contributed by atoms with E-state index in [1.807, 2.05) is 6.07 Å². The van der Waals surface area contributed by atoms with Gasteiger partial charge in [-0.3, -0.25) is 4.98 Å². The highest BCUT2D eigenvalue weighted by atomic mass is 19.1. The Morgan fingerprint density at radius 2 is 2.11 bits per heavy atom. The molecule has 0 amide bonds. The molecule has 0 atom stereocenters. The van der Waals surface area contributed by atoms with Crippen molar-refractivity contribution in [1.29, 1.82) is 5.26 Å². The highest BCUT2D eigenvalue weighted by molar-refractivity contribution is 5.71. The summed E-state index contributed by atoms with van der Waals surface area (Å²) in [7, 11) is 1.51. The van der Waals surface area contributed by atoms with Crippen molar-refractivity contribution in [3.05, 3.63) is 41.7 Å². The third kappa shape index (κ3) is 2.13. The second-order valence-electron chi connectivity index (χ2n) is 3.68. The molecule has 0 bridgehead atoms. The SMILES string of the molecule is COc1c(-c2cncc(F)c2)cc(C#N)nc1C. The van der Waals surface area contributed by atoms with Crippen molar-refractivity contribution >= 4 is 0 Å². The molecule has 0 fully saturated rings. The molecule has 18 heavy (non-hydrogen) atoms. The molecule has 4 nitrogen and oxygen atoms in total. The van der Waals surface area contributed by atoms with Crippen LogP contribution in [0.25, 0.3) is 11.1 Å². The lowest BCUT2D eigenvalue weighted by atomic mass is 10.1. The molecular weight excluding hydrogens is 233 g/mol. The molecule has 0 radical (unpaired) electrons. The van der Waals surface area contributed by atoms with Crippen LogP contribution in [0.5, 0.6) is 5.75 Å². The second-order valence-corrected chi connectivity index (χ2v) is 3.68. The number of hydrogen-bond donors (Lipinski definition) is 0. The Hall–Kier alpha value is -2.48. The van der Waals surface area contributed by atoms with Crippen molar-refractivity contribution in [2.24, 2.45) is 0 Å². The van der Waals surface area contributed by atoms with Gasteiger partial charge in [0.1, 0.15) is 23.3 Å². The summed E-state index contributed by atoms with van der Waals surface area (Å²) >= 11 is 0. The third-order valence-corrected chi connectivity index (χ3v) is 2.48. The van der Waals surface area contributed by atoms with Crippen LogP contribution in [0.2, 0.25) is 0 Å². The molecule has 0 spiro atoms. The molecule has 0 saturated heterocycles. The minimum Gasteiger partial charge on any atom is -0.494 e. The monoisotopic (exact) mass is 243 g/mol. The minimum atomic E-state index is -0.442. The van der Waals surface area contributed by atoms with Crippen LogP contribution in [-0.4, -0.2) is 17.1 Å². The lowest BCUT2D eigenvalue weighted by Gasteiger charge is -2.11. The molecule has 0 aliphatic carbocycles. The minimum absolute atomic E-state index is 0.257. The Morgan fingerprint density at radius 1 is 1.33 bits per heavy atom. The molecule has 2 heterocycles. The van der Waals surface area contributed by atoms with Gasteiger partial charge in [-0.1, -0.05) is 0 Å². The van der Waals surface area contributed by atoms with Crippen molar-refractivity contribution in [3.8, 4) is 22.9 Å². The second kappa shape index (κ2) is 4.80. The molecule has 90 valence electrons. The maximum absolute atomic E-state index is 13.2. The smallest absolute Gasteiger partial charge is 0.148 e. The summed E-state index contributed by atoms with van der Waals surface area (Å²) < 4.78 is 18.4. The summed E-state index contributed by atoms with van der Waals surface area (Å²) in [6, 6.07) is 4.86. The Morgan fingerprint density at radius 3 is 2.72 bits per heavy atom. The van der Waals surface area contributed by atoms with Gasteiger partial charge in [0.05, 0.1) is 19.0 Å². The highest BCUT2D eigenvalue weighted by Crippen LogP contribution is 2.32. The Balaban J connectivity index is 2.69. The van der Waals surface area contributed by atoms with Gasteiger partial charge in [-0.05, 0) is 19.1 Å². The zero-order chi connectivity index (χ0) is 13.1. The number of hydrogen-bond acceptors (Lipinski definition) is 4. The van der Waals surface area contributed by atoms with E-state index in [0.717, 1.165) is 6.20 Å². The summed E-state index contributed by atoms with van der Waals surface area (Å²) in [6.07, 6.45) is 2.64. The molecule has 2 rings (SSSR count). The molecule has 0 aliphatic heterocycles. The number of rotatable bonds is 2. The normalized spacial score (nSPS) is 9.89. The van der Waals surface area contributed by atoms with Crippen LogP contribution in [0.4, 0.5) is 4.39 Å². The van der Waals surface area contributed by atoms with Gasteiger partial charge < -0.3 is 4.74 Å². The van der Waals surface area contributed by atoms with Crippen molar-refractivity contribution in [2.75, 3.05) is 7.11 Å². The lowest BCUT2D eigenvalue weighted by Crippen LogP contribution is -1.97. The number of nitrogens with zero attached hydrogens (tertiary/aromatic N) is 3. The summed E-state index contributed by atoms with van der Waals surface area (Å²) in [5.74, 6) is 0.0731. The average molecular weight is 243 g/mol. The van der Waals surface area contributed by atoms with Gasteiger partial charge in [0, 0.05) is 17.3 Å². The maximum atomic E-state index is 13.2. The number of aromatic nitrogens is 2. The van der Waals surface area contributed by atoms with Gasteiger partial charge in [-0.15, -0.1) is 0 Å². The number of halogens is 1. The van der Waals surface area contributed by atoms with E-state index in [1.54, 1.807) is 13.0 Å². The Bertz CT molecular complexity index is 635. The quantitative estimate of drug-likeness (QED) is 0.813. The first kappa shape index (κ1) is 12.0. The first-order valence-corrected chi connectivity index (χ1v) is 5.22. The predicted octanol–water partition coefficient (Wildman–Crippen LogP) is 2.47. The van der Waals surface area contributed by atoms with E-state index >= 15 is 0 Å². The van der Waals surface area contributed by atoms with Gasteiger partial charge in [0.25, 0.3) is 0 Å². The highest BCUT2D eigenvalue weighted by Gasteiger charge is 2.13. The lowest BCUT2D eigenvalue weighted by molar-refractivity contribution is 0.411. The van der Waals surface area contributed by atoms with Crippen molar-refractivity contribution in [1.82, 2.24) is 9.97 Å². The predicted molar refractivity (Wildman–Crippen MR) is 63.4 cm³/mol. The van der Waals surface area contributed by atoms with Crippen LogP contribution in [0, 0.1) is 24.1 Å². The van der Waals surface area contributed by atoms with Crippen molar-refractivity contribution < 1.29 is 9.13 Å². The van der Waals surface area contributed by atoms with E-state index in [4.69, 9.17) is 10.00 Å². The molecule has 5 heteroatoms. The van der Waals surface area contributed by atoms with E-state index in [2.05, 4.69) is 9.97 Å². The van der Waals surface area contributed by atoms with Crippen LogP contribution in [-0.2, 0) is 0 Å². The summed E-state index contributed by atoms with van der Waals surface area (Å²) in [6.45, 7) is 1.73. The van der Waals surface area contributed by atoms with Gasteiger partial charge in [0.15, 0.2) is 0 Å². The number of pyridine rings is 2. The molecule has 0 unspecified atom stereocenters. The molecule has 2 aromatic heterocycles. The van der Waals surface area contributed by atoms with Gasteiger partial charge in [0.2, 0.25) is 0 Å². The topological polar surface area (TPSA) is 58.8 Å². The van der Waals surface area contributed by atoms with Crippen molar-refractivity contribution in [2.45, 2.75) is 6.92 Å². The summed E-state index contributed by atoms with van der Waals surface area (Å²) in [5, 5.41) is 8.91. The molecule has 0 N–H and O–H groups in total. The fourth-order valence-electron chi connectivity index (χ4n) is 1.75. The van der Waals surface area contributed by atoms with Gasteiger partial charge in [-0.2, -0.15) is 5.26 Å². The molecule has 0 aromatic carbocycles. The van der Waals surface area contributed by atoms with Crippen LogP contribution in [0.3, 0.4) is 0 Å². The van der Waals surface area contributed by atoms with E-state index in [9.17, 15) is 4.39 Å². The first-order valence-electron chi connectivity index (χ1n) is 5.22. The number of aryl methyl sites for hydroxylation is 1. The fourth-order valence-corrected chi connectivity index (χ4v) is 1.75. The number of ether oxygens (including phenoxy) is 1. The fraction of sp³-hybridized carbons (Fsp3) is 0.154. The van der Waals surface area contributed by atoms with E-state index < -0.39 is 5.82 Å². The van der Waals surface area contributed by atoms with Gasteiger partial charge in [-0.25, -0.2) is 9.37 Å². The first-order chi connectivity index (χ1) is 8.65. The van der Waals surface area contributed by atoms with Gasteiger partial charge >= 0.3 is 0 Å². The molecular formula is C13H10FN3O. The summed E-state index contributed by atoms with van der Waals surface area (Å²) in [5.41, 5.74) is 1.99. The van der Waals surface area contributed by atoms with Crippen LogP contribution >= 0.6 is 0 Å². The largest absolute Gasteiger partial charge is 0.494 e. The number of nitriles is 1. The Kier molecular flexibility index (Phi) is 3.20.